The fourth-order valence-electron chi connectivity index (χ4n) is 1.29. The van der Waals surface area contributed by atoms with Crippen molar-refractivity contribution < 1.29 is 14.3 Å². The largest absolute Gasteiger partial charge is 0.460 e. The Bertz CT molecular complexity index is 479. The highest BCUT2D eigenvalue weighted by molar-refractivity contribution is 6.36. The molecule has 88 valence electrons. The summed E-state index contributed by atoms with van der Waals surface area (Å²) in [7, 11) is 0. The number of benzene rings is 1. The number of hydrogen-bond donors (Lipinski definition) is 0. The van der Waals surface area contributed by atoms with Crippen LogP contribution < -0.4 is 0 Å². The average molecular weight is 252 g/mol. The molecule has 0 aromatic heterocycles. The second kappa shape index (κ2) is 6.02. The van der Waals surface area contributed by atoms with Crippen molar-refractivity contribution >= 4 is 23.4 Å². The summed E-state index contributed by atoms with van der Waals surface area (Å²) in [5, 5.41) is 9.34. The summed E-state index contributed by atoms with van der Waals surface area (Å²) in [4.78, 5) is 22.9. The van der Waals surface area contributed by atoms with Gasteiger partial charge in [0.15, 0.2) is 0 Å². The highest BCUT2D eigenvalue weighted by atomic mass is 35.5. The van der Waals surface area contributed by atoms with E-state index in [-0.39, 0.29) is 6.61 Å². The van der Waals surface area contributed by atoms with Crippen LogP contribution in [0.5, 0.6) is 0 Å². The van der Waals surface area contributed by atoms with Crippen molar-refractivity contribution in [3.8, 4) is 6.07 Å². The van der Waals surface area contributed by atoms with Gasteiger partial charge in [-0.2, -0.15) is 5.26 Å². The number of nitrogens with zero attached hydrogens (tertiary/aromatic N) is 1. The molecule has 0 aliphatic carbocycles. The number of hydrogen-bond acceptors (Lipinski definition) is 4. The molecule has 17 heavy (non-hydrogen) atoms. The minimum absolute atomic E-state index is 0.0955. The number of carbonyl (C=O) groups is 2. The van der Waals surface area contributed by atoms with E-state index in [9.17, 15) is 9.59 Å². The first-order valence-corrected chi connectivity index (χ1v) is 5.34. The lowest BCUT2D eigenvalue weighted by Crippen LogP contribution is -2.23. The summed E-state index contributed by atoms with van der Waals surface area (Å²) in [6.07, 6.45) is 0. The van der Waals surface area contributed by atoms with Crippen LogP contribution in [0.4, 0.5) is 0 Å². The van der Waals surface area contributed by atoms with Crippen molar-refractivity contribution in [2.75, 3.05) is 6.61 Å². The fraction of sp³-hybridized carbons (Fsp3) is 0.250. The topological polar surface area (TPSA) is 67.2 Å². The number of nitriles is 1. The molecule has 1 aromatic rings. The highest BCUT2D eigenvalue weighted by Crippen LogP contribution is 2.20. The van der Waals surface area contributed by atoms with Gasteiger partial charge in [0, 0.05) is 5.02 Å². The van der Waals surface area contributed by atoms with Crippen molar-refractivity contribution in [2.45, 2.75) is 12.8 Å². The summed E-state index contributed by atoms with van der Waals surface area (Å²) in [6, 6.07) is 8.05. The van der Waals surface area contributed by atoms with Gasteiger partial charge >= 0.3 is 5.97 Å². The van der Waals surface area contributed by atoms with E-state index in [4.69, 9.17) is 16.9 Å². The van der Waals surface area contributed by atoms with E-state index < -0.39 is 17.7 Å². The van der Waals surface area contributed by atoms with Gasteiger partial charge in [0.1, 0.15) is 5.92 Å². The Balaban J connectivity index is 2.97. The number of esters is 1. The second-order valence-corrected chi connectivity index (χ2v) is 3.64. The quantitative estimate of drug-likeness (QED) is 0.607. The molecule has 0 aliphatic rings. The van der Waals surface area contributed by atoms with Crippen LogP contribution in [-0.4, -0.2) is 18.4 Å². The Kier molecular flexibility index (Phi) is 4.68. The van der Waals surface area contributed by atoms with Gasteiger partial charge in [-0.15, -0.1) is 0 Å². The van der Waals surface area contributed by atoms with Gasteiger partial charge in [0.05, 0.1) is 12.7 Å². The highest BCUT2D eigenvalue weighted by Gasteiger charge is 2.27. The van der Waals surface area contributed by atoms with Gasteiger partial charge < -0.3 is 4.74 Å². The molecule has 0 heterocycles. The normalized spacial score (nSPS) is 11.4. The lowest BCUT2D eigenvalue weighted by atomic mass is 9.96. The zero-order valence-electron chi connectivity index (χ0n) is 9.14. The molecule has 0 spiro atoms. The zero-order valence-corrected chi connectivity index (χ0v) is 9.90. The molecular formula is C12H10ClNO3. The summed E-state index contributed by atoms with van der Waals surface area (Å²) >= 11 is 5.75. The van der Waals surface area contributed by atoms with Crippen molar-refractivity contribution in [1.82, 2.24) is 0 Å². The number of rotatable bonds is 4. The van der Waals surface area contributed by atoms with E-state index in [1.54, 1.807) is 31.2 Å². The molecule has 0 bridgehead atoms. The van der Waals surface area contributed by atoms with Crippen molar-refractivity contribution in [3.05, 3.63) is 34.9 Å². The van der Waals surface area contributed by atoms with E-state index in [1.165, 1.54) is 6.07 Å². The summed E-state index contributed by atoms with van der Waals surface area (Å²) in [5.74, 6) is -3.05. The molecule has 1 atom stereocenters. The second-order valence-electron chi connectivity index (χ2n) is 3.20. The van der Waals surface area contributed by atoms with Crippen LogP contribution in [-0.2, 0) is 14.3 Å². The molecule has 0 fully saturated rings. The smallest absolute Gasteiger partial charge is 0.376 e. The van der Waals surface area contributed by atoms with Gasteiger partial charge in [-0.3, -0.25) is 4.79 Å². The SMILES string of the molecule is CCOC(=O)C(=O)[C@@H](C#N)c1cccc(Cl)c1. The maximum atomic E-state index is 11.6. The molecule has 0 saturated carbocycles. The average Bonchev–Trinajstić information content (AvgIpc) is 2.30. The number of ketones is 1. The van der Waals surface area contributed by atoms with Crippen LogP contribution in [0.1, 0.15) is 18.4 Å². The minimum atomic E-state index is -1.17. The van der Waals surface area contributed by atoms with Crippen LogP contribution in [0.3, 0.4) is 0 Å². The van der Waals surface area contributed by atoms with Crippen LogP contribution in [0, 0.1) is 11.3 Å². The summed E-state index contributed by atoms with van der Waals surface area (Å²) < 4.78 is 4.57. The first-order valence-electron chi connectivity index (χ1n) is 4.96. The lowest BCUT2D eigenvalue weighted by molar-refractivity contribution is -0.153. The van der Waals surface area contributed by atoms with Crippen LogP contribution in [0.15, 0.2) is 24.3 Å². The predicted octanol–water partition coefficient (Wildman–Crippen LogP) is 2.08. The van der Waals surface area contributed by atoms with Crippen LogP contribution >= 0.6 is 11.6 Å². The molecule has 0 radical (unpaired) electrons. The van der Waals surface area contributed by atoms with Crippen molar-refractivity contribution in [3.63, 3.8) is 0 Å². The summed E-state index contributed by atoms with van der Waals surface area (Å²) in [6.45, 7) is 1.68. The van der Waals surface area contributed by atoms with Crippen molar-refractivity contribution in [1.29, 1.82) is 5.26 Å². The lowest BCUT2D eigenvalue weighted by Gasteiger charge is -2.07. The van der Waals surface area contributed by atoms with Gasteiger partial charge in [-0.05, 0) is 24.6 Å². The Labute approximate surface area is 104 Å². The maximum absolute atomic E-state index is 11.6. The van der Waals surface area contributed by atoms with Crippen LogP contribution in [0.25, 0.3) is 0 Å². The number of ether oxygens (including phenoxy) is 1. The Hall–Kier alpha value is -1.86. The third-order valence-electron chi connectivity index (χ3n) is 2.05. The molecule has 0 aliphatic heterocycles. The Morgan fingerprint density at radius 1 is 1.53 bits per heavy atom. The van der Waals surface area contributed by atoms with Gasteiger partial charge in [-0.25, -0.2) is 4.79 Å². The predicted molar refractivity (Wildman–Crippen MR) is 61.4 cm³/mol. The Morgan fingerprint density at radius 2 is 2.24 bits per heavy atom. The number of carbonyl (C=O) groups excluding carboxylic acids is 2. The first-order chi connectivity index (χ1) is 8.10. The molecule has 0 unspecified atom stereocenters. The fourth-order valence-corrected chi connectivity index (χ4v) is 1.49. The number of halogens is 1. The number of Topliss-reactive ketones (excluding diaryl/α,β-unsaturated/α-hetero) is 1. The standard InChI is InChI=1S/C12H10ClNO3/c1-2-17-12(16)11(15)10(7-14)8-4-3-5-9(13)6-8/h3-6,10H,2H2,1H3/t10-/m0/s1. The van der Waals surface area contributed by atoms with E-state index in [1.807, 2.05) is 0 Å². The molecule has 4 nitrogen and oxygen atoms in total. The minimum Gasteiger partial charge on any atom is -0.460 e. The molecule has 0 N–H and O–H groups in total. The van der Waals surface area contributed by atoms with Gasteiger partial charge in [-0.1, -0.05) is 23.7 Å². The van der Waals surface area contributed by atoms with Gasteiger partial charge in [0.25, 0.3) is 5.78 Å². The molecule has 5 heteroatoms. The maximum Gasteiger partial charge on any atom is 0.376 e. The first kappa shape index (κ1) is 13.2. The van der Waals surface area contributed by atoms with Gasteiger partial charge in [0.2, 0.25) is 0 Å². The zero-order chi connectivity index (χ0) is 12.8. The summed E-state index contributed by atoms with van der Waals surface area (Å²) in [5.41, 5.74) is 0.387. The van der Waals surface area contributed by atoms with E-state index in [0.29, 0.717) is 10.6 Å². The molecule has 0 amide bonds. The molecule has 0 saturated heterocycles. The van der Waals surface area contributed by atoms with Crippen molar-refractivity contribution in [2.24, 2.45) is 0 Å². The van der Waals surface area contributed by atoms with E-state index in [2.05, 4.69) is 4.74 Å². The molecule has 1 rings (SSSR count). The van der Waals surface area contributed by atoms with E-state index >= 15 is 0 Å². The van der Waals surface area contributed by atoms with Crippen LogP contribution in [0.2, 0.25) is 5.02 Å². The monoisotopic (exact) mass is 251 g/mol. The third-order valence-corrected chi connectivity index (χ3v) is 2.29. The molecule has 1 aromatic carbocycles. The Morgan fingerprint density at radius 3 is 2.76 bits per heavy atom. The third kappa shape index (κ3) is 3.30. The van der Waals surface area contributed by atoms with E-state index in [0.717, 1.165) is 0 Å². The molecular weight excluding hydrogens is 242 g/mol.